The fraction of sp³-hybridized carbons (Fsp3) is 0.389. The lowest BCUT2D eigenvalue weighted by Crippen LogP contribution is -2.46. The third kappa shape index (κ3) is 4.22. The average Bonchev–Trinajstić information content (AvgIpc) is 3.24. The number of rotatable bonds is 5. The summed E-state index contributed by atoms with van der Waals surface area (Å²) in [5.74, 6) is -0.753. The van der Waals surface area contributed by atoms with E-state index in [4.69, 9.17) is 0 Å². The molecule has 1 saturated heterocycles. The van der Waals surface area contributed by atoms with Crippen molar-refractivity contribution in [1.82, 2.24) is 15.2 Å². The highest BCUT2D eigenvalue weighted by Gasteiger charge is 2.34. The van der Waals surface area contributed by atoms with Crippen LogP contribution in [0.25, 0.3) is 0 Å². The third-order valence-electron chi connectivity index (χ3n) is 4.25. The van der Waals surface area contributed by atoms with Gasteiger partial charge in [0.05, 0.1) is 10.7 Å². The quantitative estimate of drug-likeness (QED) is 0.890. The molecule has 5 nitrogen and oxygen atoms in total. The Balaban J connectivity index is 1.57. The summed E-state index contributed by atoms with van der Waals surface area (Å²) >= 11 is 1.59. The maximum absolute atomic E-state index is 13.0. The molecule has 2 amide bonds. The number of carbonyl (C=O) groups excluding carboxylic acids is 2. The minimum absolute atomic E-state index is 0.139. The van der Waals surface area contributed by atoms with E-state index in [1.165, 1.54) is 24.3 Å². The zero-order chi connectivity index (χ0) is 17.8. The van der Waals surface area contributed by atoms with E-state index in [-0.39, 0.29) is 17.6 Å². The zero-order valence-corrected chi connectivity index (χ0v) is 14.8. The minimum Gasteiger partial charge on any atom is -0.354 e. The Hall–Kier alpha value is -2.28. The van der Waals surface area contributed by atoms with Gasteiger partial charge in [0, 0.05) is 30.5 Å². The monoisotopic (exact) mass is 361 g/mol. The first kappa shape index (κ1) is 17.5. The molecule has 0 spiro atoms. The van der Waals surface area contributed by atoms with E-state index in [0.29, 0.717) is 31.5 Å². The van der Waals surface area contributed by atoms with Crippen molar-refractivity contribution in [3.05, 3.63) is 51.7 Å². The van der Waals surface area contributed by atoms with Gasteiger partial charge in [-0.05, 0) is 44.0 Å². The smallest absolute Gasteiger partial charge is 0.254 e. The molecule has 0 radical (unpaired) electrons. The van der Waals surface area contributed by atoms with Gasteiger partial charge in [-0.15, -0.1) is 11.3 Å². The summed E-state index contributed by atoms with van der Waals surface area (Å²) in [4.78, 5) is 31.0. The van der Waals surface area contributed by atoms with Crippen LogP contribution in [0.15, 0.2) is 29.6 Å². The first-order valence-electron chi connectivity index (χ1n) is 8.30. The standard InChI is InChI=1S/C18H20FN3O2S/c1-12-21-15(11-25-12)8-9-20-17(23)16-3-2-10-22(16)18(24)13-4-6-14(19)7-5-13/h4-7,11,16H,2-3,8-10H2,1H3,(H,20,23). The Bertz CT molecular complexity index is 760. The second-order valence-electron chi connectivity index (χ2n) is 6.06. The highest BCUT2D eigenvalue weighted by molar-refractivity contribution is 7.09. The van der Waals surface area contributed by atoms with E-state index in [9.17, 15) is 14.0 Å². The number of carbonyl (C=O) groups is 2. The highest BCUT2D eigenvalue weighted by atomic mass is 32.1. The van der Waals surface area contributed by atoms with Crippen molar-refractivity contribution in [2.75, 3.05) is 13.1 Å². The van der Waals surface area contributed by atoms with E-state index < -0.39 is 6.04 Å². The Kier molecular flexibility index (Phi) is 5.43. The lowest BCUT2D eigenvalue weighted by atomic mass is 10.1. The van der Waals surface area contributed by atoms with Crippen LogP contribution >= 0.6 is 11.3 Å². The minimum atomic E-state index is -0.463. The molecule has 2 aromatic rings. The van der Waals surface area contributed by atoms with E-state index in [1.807, 2.05) is 12.3 Å². The van der Waals surface area contributed by atoms with Crippen LogP contribution in [0.4, 0.5) is 4.39 Å². The first-order valence-corrected chi connectivity index (χ1v) is 9.18. The Morgan fingerprint density at radius 2 is 2.12 bits per heavy atom. The summed E-state index contributed by atoms with van der Waals surface area (Å²) in [6.45, 7) is 2.99. The molecule has 0 saturated carbocycles. The van der Waals surface area contributed by atoms with Gasteiger partial charge in [0.1, 0.15) is 11.9 Å². The molecule has 25 heavy (non-hydrogen) atoms. The molecule has 1 aromatic carbocycles. The van der Waals surface area contributed by atoms with Crippen LogP contribution < -0.4 is 5.32 Å². The van der Waals surface area contributed by atoms with Crippen LogP contribution in [0, 0.1) is 12.7 Å². The van der Waals surface area contributed by atoms with Crippen LogP contribution in [0.3, 0.4) is 0 Å². The molecule has 1 aliphatic heterocycles. The predicted octanol–water partition coefficient (Wildman–Crippen LogP) is 2.55. The summed E-state index contributed by atoms with van der Waals surface area (Å²) in [5, 5.41) is 5.89. The Morgan fingerprint density at radius 1 is 1.36 bits per heavy atom. The van der Waals surface area contributed by atoms with E-state index >= 15 is 0 Å². The largest absolute Gasteiger partial charge is 0.354 e. The highest BCUT2D eigenvalue weighted by Crippen LogP contribution is 2.20. The molecule has 3 rings (SSSR count). The van der Waals surface area contributed by atoms with Gasteiger partial charge in [-0.1, -0.05) is 0 Å². The number of benzene rings is 1. The van der Waals surface area contributed by atoms with Gasteiger partial charge in [0.2, 0.25) is 5.91 Å². The molecule has 0 aliphatic carbocycles. The van der Waals surface area contributed by atoms with Crippen molar-refractivity contribution >= 4 is 23.2 Å². The first-order chi connectivity index (χ1) is 12.0. The second kappa shape index (κ2) is 7.74. The fourth-order valence-electron chi connectivity index (χ4n) is 3.00. The molecule has 1 fully saturated rings. The summed E-state index contributed by atoms with van der Waals surface area (Å²) in [5.41, 5.74) is 1.37. The fourth-order valence-corrected chi connectivity index (χ4v) is 3.64. The van der Waals surface area contributed by atoms with Crippen molar-refractivity contribution in [2.45, 2.75) is 32.2 Å². The van der Waals surface area contributed by atoms with Crippen LogP contribution in [0.2, 0.25) is 0 Å². The predicted molar refractivity (Wildman–Crippen MR) is 94.0 cm³/mol. The molecule has 1 N–H and O–H groups in total. The van der Waals surface area contributed by atoms with Crippen molar-refractivity contribution in [1.29, 1.82) is 0 Å². The molecule has 1 aliphatic rings. The maximum Gasteiger partial charge on any atom is 0.254 e. The van der Waals surface area contributed by atoms with Crippen molar-refractivity contribution < 1.29 is 14.0 Å². The van der Waals surface area contributed by atoms with E-state index in [0.717, 1.165) is 17.1 Å². The molecule has 132 valence electrons. The van der Waals surface area contributed by atoms with Gasteiger partial charge in [-0.3, -0.25) is 9.59 Å². The van der Waals surface area contributed by atoms with Crippen LogP contribution in [0.5, 0.6) is 0 Å². The lowest BCUT2D eigenvalue weighted by Gasteiger charge is -2.24. The number of aromatic nitrogens is 1. The number of amides is 2. The average molecular weight is 361 g/mol. The van der Waals surface area contributed by atoms with Crippen molar-refractivity contribution in [2.24, 2.45) is 0 Å². The van der Waals surface area contributed by atoms with Crippen molar-refractivity contribution in [3.63, 3.8) is 0 Å². The number of nitrogens with zero attached hydrogens (tertiary/aromatic N) is 2. The lowest BCUT2D eigenvalue weighted by molar-refractivity contribution is -0.124. The number of hydrogen-bond donors (Lipinski definition) is 1. The number of nitrogens with one attached hydrogen (secondary N) is 1. The Morgan fingerprint density at radius 3 is 2.80 bits per heavy atom. The Labute approximate surface area is 149 Å². The second-order valence-corrected chi connectivity index (χ2v) is 7.12. The molecular weight excluding hydrogens is 341 g/mol. The van der Waals surface area contributed by atoms with Crippen LogP contribution in [0.1, 0.15) is 33.9 Å². The SMILES string of the molecule is Cc1nc(CCNC(=O)C2CCCN2C(=O)c2ccc(F)cc2)cs1. The summed E-state index contributed by atoms with van der Waals surface area (Å²) < 4.78 is 13.0. The van der Waals surface area contributed by atoms with Crippen LogP contribution in [-0.2, 0) is 11.2 Å². The summed E-state index contributed by atoms with van der Waals surface area (Å²) in [6, 6.07) is 4.96. The maximum atomic E-state index is 13.0. The zero-order valence-electron chi connectivity index (χ0n) is 14.0. The van der Waals surface area contributed by atoms with Crippen LogP contribution in [-0.4, -0.2) is 40.8 Å². The molecule has 1 aromatic heterocycles. The molecule has 0 bridgehead atoms. The van der Waals surface area contributed by atoms with Gasteiger partial charge in [0.15, 0.2) is 0 Å². The van der Waals surface area contributed by atoms with E-state index in [2.05, 4.69) is 10.3 Å². The number of likely N-dealkylation sites (tertiary alicyclic amines) is 1. The normalized spacial score (nSPS) is 16.9. The van der Waals surface area contributed by atoms with Gasteiger partial charge >= 0.3 is 0 Å². The summed E-state index contributed by atoms with van der Waals surface area (Å²) in [7, 11) is 0. The van der Waals surface area contributed by atoms with Gasteiger partial charge < -0.3 is 10.2 Å². The van der Waals surface area contributed by atoms with Gasteiger partial charge in [-0.25, -0.2) is 9.37 Å². The van der Waals surface area contributed by atoms with Gasteiger partial charge in [-0.2, -0.15) is 0 Å². The molecule has 1 atom stereocenters. The molecule has 1 unspecified atom stereocenters. The topological polar surface area (TPSA) is 62.3 Å². The number of aryl methyl sites for hydroxylation is 1. The molecule has 7 heteroatoms. The number of hydrogen-bond acceptors (Lipinski definition) is 4. The molecular formula is C18H20FN3O2S. The number of halogens is 1. The van der Waals surface area contributed by atoms with E-state index in [1.54, 1.807) is 16.2 Å². The van der Waals surface area contributed by atoms with Gasteiger partial charge in [0.25, 0.3) is 5.91 Å². The van der Waals surface area contributed by atoms with Crippen molar-refractivity contribution in [3.8, 4) is 0 Å². The third-order valence-corrected chi connectivity index (χ3v) is 5.08. The number of thiazole rings is 1. The molecule has 2 heterocycles. The summed E-state index contributed by atoms with van der Waals surface area (Å²) in [6.07, 6.45) is 2.11.